The average molecular weight is 386 g/mol. The first-order valence-electron chi connectivity index (χ1n) is 9.42. The van der Waals surface area contributed by atoms with Gasteiger partial charge in [0, 0.05) is 13.7 Å². The Kier molecular flexibility index (Phi) is 22.7. The van der Waals surface area contributed by atoms with Crippen LogP contribution in [0, 0.1) is 0 Å². The predicted molar refractivity (Wildman–Crippen MR) is 119 cm³/mol. The molecule has 0 aliphatic rings. The number of aliphatic imine (C=N–C) groups is 1. The van der Waals surface area contributed by atoms with Gasteiger partial charge in [0.05, 0.1) is 12.1 Å². The topological polar surface area (TPSA) is 151 Å². The zero-order valence-corrected chi connectivity index (χ0v) is 13.3. The number of carbonyl (C=O) groups is 2. The second-order valence-electron chi connectivity index (χ2n) is 4.74. The normalized spacial score (nSPS) is 11.5. The highest BCUT2D eigenvalue weighted by molar-refractivity contribution is 5.75. The highest BCUT2D eigenvalue weighted by Gasteiger charge is 1.99. The summed E-state index contributed by atoms with van der Waals surface area (Å²) in [5, 5.41) is 0. The van der Waals surface area contributed by atoms with E-state index in [1.807, 2.05) is 30.3 Å². The van der Waals surface area contributed by atoms with Gasteiger partial charge in [0.2, 0.25) is 0 Å². The molecule has 0 bridgehead atoms. The standard InChI is InChI=1S/C9H11NO.C6H14N4O.4CH4.2H2/c10-9(7-11)6-8-4-2-1-3-5-8;7-5(4-11)2-1-3-10-6(8)9;;;;;;/h1-5,7,9H,6,10H2;4-5H,1-3,7H2,(H4,8,9,10);4*1H4;2*1H/t9-;5-;;;;;;/m11....../s1/i;;1T2;;;;1+2T;1+2. The Morgan fingerprint density at radius 2 is 1.62 bits per heavy atom. The van der Waals surface area contributed by atoms with E-state index in [9.17, 15) is 9.59 Å². The fraction of sp³-hybridized carbons (Fsp3) is 0.526. The van der Waals surface area contributed by atoms with E-state index in [2.05, 4.69) is 4.99 Å². The SMILES string of the molecule is C.C.C.NC(N)=NCCC[C@@H](N)C=O.N[C@@H](C=O)Cc1ccccc1.[3HH].[3H]C[3H].[3H][3H]. The predicted octanol–water partition coefficient (Wildman–Crippen LogP) is 2.36. The molecule has 0 spiro atoms. The van der Waals surface area contributed by atoms with Crippen LogP contribution in [0.25, 0.3) is 0 Å². The third-order valence-corrected chi connectivity index (χ3v) is 2.65. The summed E-state index contributed by atoms with van der Waals surface area (Å²) in [6.07, 6.45) is 3.48. The van der Waals surface area contributed by atoms with Crippen LogP contribution in [-0.4, -0.2) is 37.2 Å². The molecule has 26 heavy (non-hydrogen) atoms. The quantitative estimate of drug-likeness (QED) is 0.233. The first-order valence-corrected chi connectivity index (χ1v) is 7.00. The lowest BCUT2D eigenvalue weighted by atomic mass is 10.1. The van der Waals surface area contributed by atoms with Crippen LogP contribution in [0.2, 0.25) is 0 Å². The van der Waals surface area contributed by atoms with Gasteiger partial charge < -0.3 is 32.5 Å². The molecule has 0 radical (unpaired) electrons. The molecule has 8 N–H and O–H groups in total. The van der Waals surface area contributed by atoms with E-state index in [0.717, 1.165) is 24.6 Å². The third kappa shape index (κ3) is 21.8. The van der Waals surface area contributed by atoms with Crippen molar-refractivity contribution >= 4 is 18.5 Å². The van der Waals surface area contributed by atoms with Gasteiger partial charge in [-0.3, -0.25) is 4.99 Å². The summed E-state index contributed by atoms with van der Waals surface area (Å²) in [7, 11) is -0.250. The van der Waals surface area contributed by atoms with Crippen molar-refractivity contribution in [1.82, 2.24) is 0 Å². The van der Waals surface area contributed by atoms with Crippen molar-refractivity contribution in [2.24, 2.45) is 27.9 Å². The summed E-state index contributed by atoms with van der Waals surface area (Å²) < 4.78 is 21.8. The molecule has 158 valence electrons. The Balaban J connectivity index is -0.0000000555. The smallest absolute Gasteiger partial charge is 0.185 e. The Bertz CT molecular complexity index is 482. The Labute approximate surface area is 167 Å². The van der Waals surface area contributed by atoms with Gasteiger partial charge in [-0.25, -0.2) is 0 Å². The Morgan fingerprint density at radius 1 is 1.12 bits per heavy atom. The molecule has 0 heterocycles. The molecule has 0 amide bonds. The molecule has 0 saturated carbocycles. The van der Waals surface area contributed by atoms with E-state index >= 15 is 0 Å². The second kappa shape index (κ2) is 22.8. The fourth-order valence-electron chi connectivity index (χ4n) is 1.54. The largest absolute Gasteiger partial charge is 0.370 e. The van der Waals surface area contributed by atoms with E-state index in [4.69, 9.17) is 28.6 Å². The molecular formula is C19H45N5O2. The molecule has 0 aliphatic heterocycles. The van der Waals surface area contributed by atoms with Crippen LogP contribution >= 0.6 is 0 Å². The first kappa shape index (κ1) is 26.0. The molecule has 0 aromatic heterocycles. The highest BCUT2D eigenvalue weighted by Crippen LogP contribution is 1.99. The number of nitrogens with two attached hydrogens (primary N) is 4. The molecule has 0 fully saturated rings. The van der Waals surface area contributed by atoms with Crippen LogP contribution in [0.15, 0.2) is 35.3 Å². The van der Waals surface area contributed by atoms with E-state index in [-0.39, 0.29) is 49.1 Å². The Morgan fingerprint density at radius 3 is 2.04 bits per heavy atom. The maximum Gasteiger partial charge on any atom is 0.185 e. The van der Waals surface area contributed by atoms with Gasteiger partial charge in [0.15, 0.2) is 5.96 Å². The number of rotatable bonds is 8. The lowest BCUT2D eigenvalue weighted by Gasteiger charge is -2.02. The summed E-state index contributed by atoms with van der Waals surface area (Å²) in [6, 6.07) is 8.99. The minimum atomic E-state index is -0.385. The lowest BCUT2D eigenvalue weighted by molar-refractivity contribution is -0.109. The maximum absolute atomic E-state index is 10.2. The highest BCUT2D eigenvalue weighted by atomic mass is 16.1. The molecule has 1 aromatic carbocycles. The zero-order chi connectivity index (χ0) is 21.5. The van der Waals surface area contributed by atoms with Crippen molar-refractivity contribution in [3.8, 4) is 0 Å². The van der Waals surface area contributed by atoms with Gasteiger partial charge >= 0.3 is 0 Å². The number of aldehydes is 2. The van der Waals surface area contributed by atoms with Crippen molar-refractivity contribution < 1.29 is 16.7 Å². The number of nitrogens with zero attached hydrogens (tertiary/aromatic N) is 1. The first-order chi connectivity index (χ1) is 12.9. The van der Waals surface area contributed by atoms with Crippen molar-refractivity contribution in [3.05, 3.63) is 35.9 Å². The molecule has 7 nitrogen and oxygen atoms in total. The zero-order valence-electron chi connectivity index (χ0n) is 17.3. The number of carbonyl (C=O) groups excluding carboxylic acids is 2. The molecule has 0 aliphatic carbocycles. The molecule has 1 rings (SSSR count). The van der Waals surface area contributed by atoms with Gasteiger partial charge in [-0.1, -0.05) is 60.0 Å². The Hall–Kier alpha value is -2.25. The van der Waals surface area contributed by atoms with E-state index in [1.165, 1.54) is 0 Å². The van der Waals surface area contributed by atoms with Gasteiger partial charge in [0.1, 0.15) is 12.6 Å². The van der Waals surface area contributed by atoms with Crippen molar-refractivity contribution in [2.45, 2.75) is 61.0 Å². The lowest BCUT2D eigenvalue weighted by Crippen LogP contribution is -2.24. The molecule has 0 unspecified atom stereocenters. The average Bonchev–Trinajstić information content (AvgIpc) is 2.68. The van der Waals surface area contributed by atoms with Gasteiger partial charge in [-0.05, 0) is 24.8 Å². The van der Waals surface area contributed by atoms with Crippen LogP contribution in [0.1, 0.15) is 55.2 Å². The van der Waals surface area contributed by atoms with Crippen LogP contribution < -0.4 is 22.9 Å². The van der Waals surface area contributed by atoms with Gasteiger partial charge in [-0.15, -0.1) is 0 Å². The second-order valence-corrected chi connectivity index (χ2v) is 4.74. The van der Waals surface area contributed by atoms with Crippen LogP contribution in [0.4, 0.5) is 0 Å². The third-order valence-electron chi connectivity index (χ3n) is 2.65. The van der Waals surface area contributed by atoms with Crippen LogP contribution in [0.5, 0.6) is 0 Å². The molecule has 1 aromatic rings. The van der Waals surface area contributed by atoms with Crippen molar-refractivity contribution in [2.75, 3.05) is 6.54 Å². The summed E-state index contributed by atoms with van der Waals surface area (Å²) in [5.41, 5.74) is 22.0. The number of hydrogen-bond acceptors (Lipinski definition) is 5. The number of hydrogen-bond donors (Lipinski definition) is 4. The van der Waals surface area contributed by atoms with E-state index in [0.29, 0.717) is 19.4 Å². The number of guanidine groups is 1. The summed E-state index contributed by atoms with van der Waals surface area (Å²) in [5.74, 6) is 0.0738. The van der Waals surface area contributed by atoms with E-state index < -0.39 is 0 Å². The minimum absolute atomic E-state index is 0. The monoisotopic (exact) mass is 385 g/mol. The summed E-state index contributed by atoms with van der Waals surface area (Å²) >= 11 is 0. The number of benzene rings is 1. The maximum atomic E-state index is 10.2. The van der Waals surface area contributed by atoms with Crippen molar-refractivity contribution in [3.63, 3.8) is 0 Å². The molecule has 2 atom stereocenters. The molecule has 0 saturated heterocycles. The van der Waals surface area contributed by atoms with Gasteiger partial charge in [-0.2, -0.15) is 0 Å². The minimum Gasteiger partial charge on any atom is -0.370 e. The van der Waals surface area contributed by atoms with Crippen LogP contribution in [-0.2, 0) is 16.0 Å². The van der Waals surface area contributed by atoms with Crippen molar-refractivity contribution in [1.29, 1.82) is 0 Å². The summed E-state index contributed by atoms with van der Waals surface area (Å²) in [6.45, 7) is 0.532. The van der Waals surface area contributed by atoms with Gasteiger partial charge in [0.25, 0.3) is 0 Å². The van der Waals surface area contributed by atoms with E-state index in [1.54, 1.807) is 0 Å². The van der Waals surface area contributed by atoms with Crippen LogP contribution in [0.3, 0.4) is 0 Å². The molecule has 7 heteroatoms. The molecular weight excluding hydrogens is 330 g/mol. The fourth-order valence-corrected chi connectivity index (χ4v) is 1.54. The summed E-state index contributed by atoms with van der Waals surface area (Å²) in [4.78, 5) is 23.9.